The maximum Gasteiger partial charge on any atom is 0.315 e. The van der Waals surface area contributed by atoms with Crippen LogP contribution in [0.5, 0.6) is 11.5 Å². The zero-order valence-electron chi connectivity index (χ0n) is 14.0. The van der Waals surface area contributed by atoms with E-state index >= 15 is 0 Å². The number of benzene rings is 1. The van der Waals surface area contributed by atoms with Crippen LogP contribution in [0.4, 0.5) is 4.79 Å². The van der Waals surface area contributed by atoms with Crippen LogP contribution < -0.4 is 20.1 Å². The molecule has 0 unspecified atom stereocenters. The van der Waals surface area contributed by atoms with Crippen molar-refractivity contribution >= 4 is 6.03 Å². The summed E-state index contributed by atoms with van der Waals surface area (Å²) in [6, 6.07) is 7.39. The molecule has 1 aromatic carbocycles. The van der Waals surface area contributed by atoms with Gasteiger partial charge in [-0.3, -0.25) is 0 Å². The molecule has 1 aromatic rings. The third-order valence-corrected chi connectivity index (χ3v) is 3.77. The highest BCUT2D eigenvalue weighted by atomic mass is 16.5. The Balaban J connectivity index is 1.68. The van der Waals surface area contributed by atoms with Gasteiger partial charge in [-0.2, -0.15) is 0 Å². The number of hydrogen-bond acceptors (Lipinski definition) is 4. The first kappa shape index (κ1) is 17.4. The molecule has 0 spiro atoms. The molecule has 1 fully saturated rings. The first-order valence-corrected chi connectivity index (χ1v) is 8.03. The van der Waals surface area contributed by atoms with Gasteiger partial charge in [-0.15, -0.1) is 0 Å². The molecule has 1 heterocycles. The molecule has 6 heteroatoms. The monoisotopic (exact) mass is 322 g/mol. The van der Waals surface area contributed by atoms with E-state index in [0.717, 1.165) is 24.3 Å². The number of hydrogen-bond donors (Lipinski definition) is 2. The normalized spacial score (nSPS) is 22.0. The second-order valence-corrected chi connectivity index (χ2v) is 5.86. The van der Waals surface area contributed by atoms with Crippen LogP contribution in [-0.4, -0.2) is 44.5 Å². The van der Waals surface area contributed by atoms with Gasteiger partial charge in [0.25, 0.3) is 0 Å². The average Bonchev–Trinajstić information content (AvgIpc) is 2.54. The minimum atomic E-state index is -0.158. The minimum Gasteiger partial charge on any atom is -0.497 e. The molecule has 2 amide bonds. The van der Waals surface area contributed by atoms with Gasteiger partial charge in [-0.25, -0.2) is 4.79 Å². The molecule has 2 rings (SSSR count). The van der Waals surface area contributed by atoms with Gasteiger partial charge in [-0.05, 0) is 51.0 Å². The van der Waals surface area contributed by atoms with Gasteiger partial charge >= 0.3 is 6.03 Å². The number of urea groups is 1. The molecular formula is C17H26N2O4. The lowest BCUT2D eigenvalue weighted by molar-refractivity contribution is 0.0153. The van der Waals surface area contributed by atoms with E-state index in [9.17, 15) is 4.79 Å². The maximum absolute atomic E-state index is 11.9. The Labute approximate surface area is 137 Å². The Morgan fingerprint density at radius 3 is 2.70 bits per heavy atom. The largest absolute Gasteiger partial charge is 0.497 e. The summed E-state index contributed by atoms with van der Waals surface area (Å²) in [5, 5.41) is 5.83. The van der Waals surface area contributed by atoms with Crippen LogP contribution in [0.3, 0.4) is 0 Å². The number of rotatable bonds is 6. The van der Waals surface area contributed by atoms with Crippen molar-refractivity contribution in [3.63, 3.8) is 0 Å². The molecule has 1 aliphatic rings. The predicted octanol–water partition coefficient (Wildman–Crippen LogP) is 2.33. The van der Waals surface area contributed by atoms with Gasteiger partial charge < -0.3 is 24.8 Å². The van der Waals surface area contributed by atoms with Crippen LogP contribution in [-0.2, 0) is 4.74 Å². The highest BCUT2D eigenvalue weighted by Crippen LogP contribution is 2.18. The molecule has 0 aromatic heterocycles. The van der Waals surface area contributed by atoms with E-state index in [2.05, 4.69) is 10.6 Å². The minimum absolute atomic E-state index is 0.122. The van der Waals surface area contributed by atoms with Gasteiger partial charge in [0.05, 0.1) is 19.8 Å². The second-order valence-electron chi connectivity index (χ2n) is 5.86. The maximum atomic E-state index is 11.9. The molecule has 23 heavy (non-hydrogen) atoms. The second kappa shape index (κ2) is 8.62. The van der Waals surface area contributed by atoms with Crippen molar-refractivity contribution in [2.75, 3.05) is 20.3 Å². The molecule has 0 aliphatic carbocycles. The molecule has 2 N–H and O–H groups in total. The summed E-state index contributed by atoms with van der Waals surface area (Å²) in [4.78, 5) is 11.9. The predicted molar refractivity (Wildman–Crippen MR) is 88.1 cm³/mol. The van der Waals surface area contributed by atoms with Crippen molar-refractivity contribution in [2.45, 2.75) is 44.9 Å². The van der Waals surface area contributed by atoms with Gasteiger partial charge in [-0.1, -0.05) is 0 Å². The van der Waals surface area contributed by atoms with Crippen LogP contribution in [0.25, 0.3) is 0 Å². The molecule has 1 aliphatic heterocycles. The first-order valence-electron chi connectivity index (χ1n) is 8.03. The topological polar surface area (TPSA) is 68.8 Å². The van der Waals surface area contributed by atoms with E-state index < -0.39 is 0 Å². The van der Waals surface area contributed by atoms with Crippen LogP contribution in [0, 0.1) is 0 Å². The third-order valence-electron chi connectivity index (χ3n) is 3.77. The number of carbonyl (C=O) groups is 1. The highest BCUT2D eigenvalue weighted by Gasteiger charge is 2.20. The Morgan fingerprint density at radius 2 is 2.04 bits per heavy atom. The first-order chi connectivity index (χ1) is 11.1. The molecular weight excluding hydrogens is 296 g/mol. The number of ether oxygens (including phenoxy) is 3. The fourth-order valence-corrected chi connectivity index (χ4v) is 2.53. The molecule has 1 saturated heterocycles. The number of carbonyl (C=O) groups excluding carboxylic acids is 1. The lowest BCUT2D eigenvalue weighted by Gasteiger charge is -2.28. The Kier molecular flexibility index (Phi) is 6.52. The van der Waals surface area contributed by atoms with Gasteiger partial charge in [0.2, 0.25) is 0 Å². The quantitative estimate of drug-likeness (QED) is 0.843. The van der Waals surface area contributed by atoms with Gasteiger partial charge in [0, 0.05) is 12.6 Å². The summed E-state index contributed by atoms with van der Waals surface area (Å²) in [7, 11) is 1.63. The van der Waals surface area contributed by atoms with E-state index in [1.807, 2.05) is 38.1 Å². The standard InChI is InChI=1S/C17H26N2O4/c1-12-10-14(8-9-22-12)19-17(20)18-11-13(2)23-16-6-4-15(21-3)5-7-16/h4-7,12-14H,8-11H2,1-3H3,(H2,18,19,20)/t12-,13-,14+/m1/s1. The third kappa shape index (κ3) is 5.98. The van der Waals surface area contributed by atoms with Crippen molar-refractivity contribution in [1.29, 1.82) is 0 Å². The van der Waals surface area contributed by atoms with E-state index in [1.54, 1.807) is 7.11 Å². The van der Waals surface area contributed by atoms with E-state index in [1.165, 1.54) is 0 Å². The molecule has 0 radical (unpaired) electrons. The van der Waals surface area contributed by atoms with Crippen LogP contribution in [0.2, 0.25) is 0 Å². The Bertz CT molecular complexity index is 492. The highest BCUT2D eigenvalue weighted by molar-refractivity contribution is 5.74. The number of nitrogens with one attached hydrogen (secondary N) is 2. The summed E-state index contributed by atoms with van der Waals surface area (Å²) in [6.45, 7) is 5.08. The lowest BCUT2D eigenvalue weighted by Crippen LogP contribution is -2.47. The van der Waals surface area contributed by atoms with Gasteiger partial charge in [0.15, 0.2) is 0 Å². The molecule has 0 bridgehead atoms. The molecule has 0 saturated carbocycles. The SMILES string of the molecule is COc1ccc(O[C@H](C)CNC(=O)N[C@H]2CCO[C@H](C)C2)cc1. The zero-order valence-corrected chi connectivity index (χ0v) is 14.0. The summed E-state index contributed by atoms with van der Waals surface area (Å²) in [6.07, 6.45) is 1.79. The van der Waals surface area contributed by atoms with Crippen molar-refractivity contribution in [3.8, 4) is 11.5 Å². The molecule has 128 valence electrons. The van der Waals surface area contributed by atoms with Crippen molar-refractivity contribution in [2.24, 2.45) is 0 Å². The summed E-state index contributed by atoms with van der Waals surface area (Å²) in [5.41, 5.74) is 0. The van der Waals surface area contributed by atoms with E-state index in [-0.39, 0.29) is 24.3 Å². The van der Waals surface area contributed by atoms with E-state index in [0.29, 0.717) is 13.2 Å². The van der Waals surface area contributed by atoms with Crippen molar-refractivity contribution in [3.05, 3.63) is 24.3 Å². The van der Waals surface area contributed by atoms with Crippen LogP contribution >= 0.6 is 0 Å². The van der Waals surface area contributed by atoms with Crippen LogP contribution in [0.1, 0.15) is 26.7 Å². The lowest BCUT2D eigenvalue weighted by atomic mass is 10.0. The fourth-order valence-electron chi connectivity index (χ4n) is 2.53. The van der Waals surface area contributed by atoms with Crippen molar-refractivity contribution in [1.82, 2.24) is 10.6 Å². The average molecular weight is 322 g/mol. The smallest absolute Gasteiger partial charge is 0.315 e. The zero-order chi connectivity index (χ0) is 16.7. The van der Waals surface area contributed by atoms with Crippen molar-refractivity contribution < 1.29 is 19.0 Å². The molecule has 3 atom stereocenters. The summed E-state index contributed by atoms with van der Waals surface area (Å²) in [5.74, 6) is 1.53. The Morgan fingerprint density at radius 1 is 1.35 bits per heavy atom. The van der Waals surface area contributed by atoms with Crippen LogP contribution in [0.15, 0.2) is 24.3 Å². The number of methoxy groups -OCH3 is 1. The summed E-state index contributed by atoms with van der Waals surface area (Å²) >= 11 is 0. The number of amides is 2. The fraction of sp³-hybridized carbons (Fsp3) is 0.588. The molecule has 6 nitrogen and oxygen atoms in total. The van der Waals surface area contributed by atoms with E-state index in [4.69, 9.17) is 14.2 Å². The van der Waals surface area contributed by atoms with Gasteiger partial charge in [0.1, 0.15) is 17.6 Å². The Hall–Kier alpha value is -1.95. The summed E-state index contributed by atoms with van der Waals surface area (Å²) < 4.78 is 16.3.